The smallest absolute Gasteiger partial charge is 0.262 e. The van der Waals surface area contributed by atoms with E-state index in [9.17, 15) is 4.79 Å². The molecule has 0 saturated carbocycles. The van der Waals surface area contributed by atoms with Crippen molar-refractivity contribution in [2.24, 2.45) is 5.73 Å². The molecule has 0 aliphatic rings. The third kappa shape index (κ3) is 0.903. The molecule has 0 fully saturated rings. The Bertz CT molecular complexity index is 180. The van der Waals surface area contributed by atoms with Crippen molar-refractivity contribution >= 4 is 13.2 Å². The Morgan fingerprint density at radius 1 is 1.38 bits per heavy atom. The molecule has 0 aromatic carbocycles. The Kier molecular flexibility index (Phi) is 1.36. The van der Waals surface area contributed by atoms with Gasteiger partial charge in [0.1, 0.15) is 0 Å². The normalized spacial score (nSPS) is 9.00. The van der Waals surface area contributed by atoms with Crippen LogP contribution in [0.3, 0.4) is 0 Å². The van der Waals surface area contributed by atoms with Crippen LogP contribution in [0.4, 0.5) is 4.79 Å². The van der Waals surface area contributed by atoms with Crippen molar-refractivity contribution in [1.82, 2.24) is 0 Å². The fourth-order valence-electron chi connectivity index (χ4n) is 0.481. The fourth-order valence-corrected chi connectivity index (χ4v) is 1.44. The van der Waals surface area contributed by atoms with E-state index in [2.05, 4.69) is 0 Å². The highest BCUT2D eigenvalue weighted by molar-refractivity contribution is 7.66. The van der Waals surface area contributed by atoms with E-state index in [-0.39, 0.29) is 5.65 Å². The van der Waals surface area contributed by atoms with Gasteiger partial charge in [-0.25, -0.2) is 0 Å². The molecule has 1 amide bonds. The monoisotopic (exact) mass is 127 g/mol. The molecule has 2 N–H and O–H groups in total. The van der Waals surface area contributed by atoms with Crippen LogP contribution in [0.5, 0.6) is 0 Å². The topological polar surface area (TPSA) is 43.1 Å². The average molecular weight is 127 g/mol. The van der Waals surface area contributed by atoms with Crippen LogP contribution in [-0.4, -0.2) is 5.65 Å². The maximum atomic E-state index is 10.4. The summed E-state index contributed by atoms with van der Waals surface area (Å²) in [6.07, 6.45) is 0. The Hall–Kier alpha value is -0.750. The zero-order valence-corrected chi connectivity index (χ0v) is 5.14. The summed E-state index contributed by atoms with van der Waals surface area (Å²) in [6.45, 7) is 0. The number of hydrogen-bond donors (Lipinski definition) is 1. The summed E-state index contributed by atoms with van der Waals surface area (Å²) in [5.41, 5.74) is 4.77. The van der Waals surface area contributed by atoms with Crippen LogP contribution in [-0.2, 0) is 0 Å². The van der Waals surface area contributed by atoms with Crippen molar-refractivity contribution in [1.29, 1.82) is 0 Å². The molecule has 0 aliphatic heterocycles. The molecule has 0 radical (unpaired) electrons. The first-order valence-corrected chi connectivity index (χ1v) is 3.71. The summed E-state index contributed by atoms with van der Waals surface area (Å²) in [4.78, 5) is 10.4. The van der Waals surface area contributed by atoms with Crippen molar-refractivity contribution in [3.63, 3.8) is 0 Å². The van der Waals surface area contributed by atoms with Gasteiger partial charge in [-0.1, -0.05) is 12.1 Å². The summed E-state index contributed by atoms with van der Waals surface area (Å²) in [5, 5.41) is 0. The second-order valence-electron chi connectivity index (χ2n) is 1.43. The van der Waals surface area contributed by atoms with Crippen molar-refractivity contribution in [2.75, 3.05) is 0 Å². The van der Waals surface area contributed by atoms with Crippen molar-refractivity contribution < 1.29 is 4.79 Å². The SMILES string of the molecule is NC(=O)p1cccc1. The molecule has 2 nitrogen and oxygen atoms in total. The van der Waals surface area contributed by atoms with E-state index < -0.39 is 7.53 Å². The number of carbonyl (C=O) groups is 1. The molecule has 42 valence electrons. The van der Waals surface area contributed by atoms with Gasteiger partial charge in [0.2, 0.25) is 0 Å². The van der Waals surface area contributed by atoms with Crippen LogP contribution in [0, 0.1) is 0 Å². The third-order valence-electron chi connectivity index (χ3n) is 0.859. The van der Waals surface area contributed by atoms with Crippen LogP contribution in [0.1, 0.15) is 0 Å². The predicted molar refractivity (Wildman–Crippen MR) is 34.1 cm³/mol. The first-order valence-electron chi connectivity index (χ1n) is 2.23. The molecular weight excluding hydrogens is 121 g/mol. The van der Waals surface area contributed by atoms with E-state index in [1.165, 1.54) is 0 Å². The lowest BCUT2D eigenvalue weighted by molar-refractivity contribution is 0.267. The predicted octanol–water partition coefficient (Wildman–Crippen LogP) is 1.60. The molecule has 1 rings (SSSR count). The molecule has 0 aliphatic carbocycles. The van der Waals surface area contributed by atoms with Crippen LogP contribution in [0.2, 0.25) is 0 Å². The summed E-state index contributed by atoms with van der Waals surface area (Å²) >= 11 is 0. The van der Waals surface area contributed by atoms with Gasteiger partial charge in [0, 0.05) is 0 Å². The van der Waals surface area contributed by atoms with E-state index in [1.807, 2.05) is 23.7 Å². The molecule has 0 bridgehead atoms. The van der Waals surface area contributed by atoms with E-state index >= 15 is 0 Å². The minimum absolute atomic E-state index is 0.218. The molecule has 0 unspecified atom stereocenters. The zero-order chi connectivity index (χ0) is 5.98. The van der Waals surface area contributed by atoms with Crippen LogP contribution in [0.15, 0.2) is 23.7 Å². The fraction of sp³-hybridized carbons (Fsp3) is 0. The highest BCUT2D eigenvalue weighted by Crippen LogP contribution is 2.24. The van der Waals surface area contributed by atoms with E-state index in [1.54, 1.807) is 0 Å². The van der Waals surface area contributed by atoms with Crippen LogP contribution in [0.25, 0.3) is 0 Å². The Labute approximate surface area is 48.4 Å². The van der Waals surface area contributed by atoms with Gasteiger partial charge >= 0.3 is 0 Å². The van der Waals surface area contributed by atoms with Gasteiger partial charge in [0.25, 0.3) is 5.65 Å². The van der Waals surface area contributed by atoms with Crippen LogP contribution < -0.4 is 5.73 Å². The van der Waals surface area contributed by atoms with Gasteiger partial charge in [0.15, 0.2) is 0 Å². The van der Waals surface area contributed by atoms with Gasteiger partial charge in [0.05, 0.1) is 0 Å². The lowest BCUT2D eigenvalue weighted by Crippen LogP contribution is -1.98. The molecule has 1 aromatic heterocycles. The number of primary amides is 1. The first-order chi connectivity index (χ1) is 3.80. The minimum atomic E-state index is -0.726. The molecule has 0 saturated heterocycles. The Morgan fingerprint density at radius 3 is 2.12 bits per heavy atom. The van der Waals surface area contributed by atoms with Gasteiger partial charge in [-0.05, 0) is 19.1 Å². The van der Waals surface area contributed by atoms with Gasteiger partial charge in [-0.3, -0.25) is 4.79 Å². The summed E-state index contributed by atoms with van der Waals surface area (Å²) < 4.78 is 0. The third-order valence-corrected chi connectivity index (χ3v) is 2.35. The molecule has 1 heterocycles. The summed E-state index contributed by atoms with van der Waals surface area (Å²) in [6, 6.07) is 3.69. The molecule has 0 spiro atoms. The maximum absolute atomic E-state index is 10.4. The van der Waals surface area contributed by atoms with E-state index in [4.69, 9.17) is 5.73 Å². The quantitative estimate of drug-likeness (QED) is 0.611. The standard InChI is InChI=1S/C5H6NOP/c6-5(7)8-3-1-2-4-8/h1-4H,(H2,6,7). The molecule has 8 heavy (non-hydrogen) atoms. The highest BCUT2D eigenvalue weighted by atomic mass is 31.1. The Balaban J connectivity index is 2.93. The van der Waals surface area contributed by atoms with Gasteiger partial charge in [-0.15, -0.1) is 0 Å². The second-order valence-corrected chi connectivity index (χ2v) is 3.28. The van der Waals surface area contributed by atoms with Crippen molar-refractivity contribution in [3.05, 3.63) is 23.7 Å². The van der Waals surface area contributed by atoms with Crippen molar-refractivity contribution in [2.45, 2.75) is 0 Å². The van der Waals surface area contributed by atoms with Gasteiger partial charge in [-0.2, -0.15) is 0 Å². The Morgan fingerprint density at radius 2 is 1.88 bits per heavy atom. The van der Waals surface area contributed by atoms with E-state index in [0.717, 1.165) is 0 Å². The average Bonchev–Trinajstić information content (AvgIpc) is 2.12. The summed E-state index contributed by atoms with van der Waals surface area (Å²) in [5.74, 6) is 3.66. The zero-order valence-electron chi connectivity index (χ0n) is 4.24. The molecule has 3 heteroatoms. The minimum Gasteiger partial charge on any atom is -0.363 e. The second kappa shape index (κ2) is 2.01. The van der Waals surface area contributed by atoms with Gasteiger partial charge < -0.3 is 5.73 Å². The molecule has 0 atom stereocenters. The number of carbonyl (C=O) groups excluding carboxylic acids is 1. The maximum Gasteiger partial charge on any atom is 0.262 e. The highest BCUT2D eigenvalue weighted by Gasteiger charge is 1.93. The lowest BCUT2D eigenvalue weighted by Gasteiger charge is -1.82. The summed E-state index contributed by atoms with van der Waals surface area (Å²) in [7, 11) is -0.726. The van der Waals surface area contributed by atoms with E-state index in [0.29, 0.717) is 0 Å². The van der Waals surface area contributed by atoms with Crippen LogP contribution >= 0.6 is 7.53 Å². The molecule has 1 aromatic rings. The van der Waals surface area contributed by atoms with Crippen molar-refractivity contribution in [3.8, 4) is 0 Å². The molecular formula is C5H6NOP. The number of amides is 1. The number of hydrogen-bond acceptors (Lipinski definition) is 1. The number of rotatable bonds is 1. The number of nitrogens with two attached hydrogens (primary N) is 1. The first kappa shape index (κ1) is 5.39. The largest absolute Gasteiger partial charge is 0.363 e. The lowest BCUT2D eigenvalue weighted by atomic mass is 10.7.